The lowest BCUT2D eigenvalue weighted by atomic mass is 10.1. The maximum absolute atomic E-state index is 12.3. The Hall–Kier alpha value is -3.21. The number of carbonyl (C=O) groups is 2. The largest absolute Gasteiger partial charge is 0.491 e. The Bertz CT molecular complexity index is 1160. The minimum atomic E-state index is -0.467. The van der Waals surface area contributed by atoms with E-state index in [1.165, 1.54) is 0 Å². The molecule has 8 nitrogen and oxygen atoms in total. The number of ether oxygens (including phenoxy) is 3. The summed E-state index contributed by atoms with van der Waals surface area (Å²) in [5, 5.41) is 4.47. The van der Waals surface area contributed by atoms with Crippen molar-refractivity contribution in [2.24, 2.45) is 0 Å². The topological polar surface area (TPSA) is 97.9 Å². The molecular formula is C24H24BrN3O5S. The standard InChI is InChI=1S/C24H24BrN3O5S/c1-2-31-13-14-32-18-10-7-17(8-11-18)23(30)26-24(34)28-27-21(29)15-33-20-12-9-16-5-3-4-6-19(16)22(20)25/h3-12H,2,13-15H2,1H3,(H,27,29)(H2,26,28,30,34). The Morgan fingerprint density at radius 1 is 0.941 bits per heavy atom. The number of fused-ring (bicyclic) bond motifs is 1. The zero-order valence-corrected chi connectivity index (χ0v) is 20.8. The van der Waals surface area contributed by atoms with Gasteiger partial charge in [-0.3, -0.25) is 25.8 Å². The van der Waals surface area contributed by atoms with Crippen molar-refractivity contribution in [3.05, 3.63) is 70.7 Å². The third-order valence-corrected chi connectivity index (χ3v) is 5.57. The molecule has 3 N–H and O–H groups in total. The summed E-state index contributed by atoms with van der Waals surface area (Å²) in [7, 11) is 0. The number of halogens is 1. The molecule has 3 aromatic rings. The van der Waals surface area contributed by atoms with Gasteiger partial charge in [0.25, 0.3) is 11.8 Å². The molecular weight excluding hydrogens is 522 g/mol. The van der Waals surface area contributed by atoms with Crippen molar-refractivity contribution in [1.82, 2.24) is 16.2 Å². The molecule has 0 aromatic heterocycles. The summed E-state index contributed by atoms with van der Waals surface area (Å²) < 4.78 is 17.1. The van der Waals surface area contributed by atoms with Crippen LogP contribution < -0.4 is 25.6 Å². The number of thiocarbonyl (C=S) groups is 1. The number of hydrogen-bond acceptors (Lipinski definition) is 6. The monoisotopic (exact) mass is 545 g/mol. The molecule has 178 valence electrons. The molecule has 0 spiro atoms. The molecule has 0 fully saturated rings. The van der Waals surface area contributed by atoms with Crippen LogP contribution in [0, 0.1) is 0 Å². The van der Waals surface area contributed by atoms with Crippen LogP contribution in [0.1, 0.15) is 17.3 Å². The summed E-state index contributed by atoms with van der Waals surface area (Å²) in [4.78, 5) is 24.4. The summed E-state index contributed by atoms with van der Waals surface area (Å²) in [5.74, 6) is 0.270. The van der Waals surface area contributed by atoms with Gasteiger partial charge in [-0.1, -0.05) is 30.3 Å². The van der Waals surface area contributed by atoms with E-state index in [-0.39, 0.29) is 11.7 Å². The van der Waals surface area contributed by atoms with Crippen molar-refractivity contribution >= 4 is 55.8 Å². The molecule has 0 saturated heterocycles. The lowest BCUT2D eigenvalue weighted by molar-refractivity contribution is -0.123. The van der Waals surface area contributed by atoms with Crippen LogP contribution in [0.3, 0.4) is 0 Å². The van der Waals surface area contributed by atoms with Gasteiger partial charge in [-0.2, -0.15) is 0 Å². The van der Waals surface area contributed by atoms with Crippen LogP contribution in [0.2, 0.25) is 0 Å². The molecule has 0 aliphatic rings. The fourth-order valence-corrected chi connectivity index (χ4v) is 3.65. The van der Waals surface area contributed by atoms with Crippen molar-refractivity contribution in [1.29, 1.82) is 0 Å². The molecule has 0 aliphatic heterocycles. The van der Waals surface area contributed by atoms with Gasteiger partial charge in [0.05, 0.1) is 11.1 Å². The van der Waals surface area contributed by atoms with Crippen LogP contribution in [0.25, 0.3) is 10.8 Å². The van der Waals surface area contributed by atoms with E-state index < -0.39 is 11.8 Å². The summed E-state index contributed by atoms with van der Waals surface area (Å²) in [6.45, 7) is 3.22. The highest BCUT2D eigenvalue weighted by Gasteiger charge is 2.11. The molecule has 0 radical (unpaired) electrons. The first-order chi connectivity index (χ1) is 16.5. The highest BCUT2D eigenvalue weighted by Crippen LogP contribution is 2.32. The first kappa shape index (κ1) is 25.4. The Morgan fingerprint density at radius 3 is 2.47 bits per heavy atom. The smallest absolute Gasteiger partial charge is 0.276 e. The van der Waals surface area contributed by atoms with Crippen molar-refractivity contribution in [2.45, 2.75) is 6.92 Å². The van der Waals surface area contributed by atoms with Crippen LogP contribution >= 0.6 is 28.1 Å². The number of rotatable bonds is 9. The van der Waals surface area contributed by atoms with Crippen molar-refractivity contribution in [2.75, 3.05) is 26.4 Å². The summed E-state index contributed by atoms with van der Waals surface area (Å²) in [6, 6.07) is 18.1. The summed E-state index contributed by atoms with van der Waals surface area (Å²) in [5.41, 5.74) is 5.26. The second-order valence-electron chi connectivity index (χ2n) is 6.91. The van der Waals surface area contributed by atoms with Crippen molar-refractivity contribution < 1.29 is 23.8 Å². The Morgan fingerprint density at radius 2 is 1.71 bits per heavy atom. The number of nitrogens with one attached hydrogen (secondary N) is 3. The van der Waals surface area contributed by atoms with E-state index in [0.29, 0.717) is 36.9 Å². The van der Waals surface area contributed by atoms with Gasteiger partial charge >= 0.3 is 0 Å². The normalized spacial score (nSPS) is 10.4. The lowest BCUT2D eigenvalue weighted by Crippen LogP contribution is -2.49. The first-order valence-corrected chi connectivity index (χ1v) is 11.7. The second-order valence-corrected chi connectivity index (χ2v) is 8.11. The molecule has 3 aromatic carbocycles. The van der Waals surface area contributed by atoms with Crippen LogP contribution in [0.4, 0.5) is 0 Å². The zero-order chi connectivity index (χ0) is 24.3. The molecule has 0 bridgehead atoms. The minimum Gasteiger partial charge on any atom is -0.491 e. The van der Waals surface area contributed by atoms with Gasteiger partial charge in [0.2, 0.25) is 0 Å². The molecule has 34 heavy (non-hydrogen) atoms. The maximum Gasteiger partial charge on any atom is 0.276 e. The average Bonchev–Trinajstić information content (AvgIpc) is 2.85. The minimum absolute atomic E-state index is 0.0534. The van der Waals surface area contributed by atoms with E-state index in [9.17, 15) is 9.59 Å². The predicted molar refractivity (Wildman–Crippen MR) is 137 cm³/mol. The van der Waals surface area contributed by atoms with Gasteiger partial charge < -0.3 is 14.2 Å². The maximum atomic E-state index is 12.3. The first-order valence-electron chi connectivity index (χ1n) is 10.5. The van der Waals surface area contributed by atoms with Gasteiger partial charge in [-0.25, -0.2) is 0 Å². The van der Waals surface area contributed by atoms with E-state index in [1.54, 1.807) is 30.3 Å². The van der Waals surface area contributed by atoms with Crippen LogP contribution in [-0.2, 0) is 9.53 Å². The second kappa shape index (κ2) is 12.9. The highest BCUT2D eigenvalue weighted by molar-refractivity contribution is 9.10. The van der Waals surface area contributed by atoms with E-state index in [0.717, 1.165) is 15.2 Å². The molecule has 0 saturated carbocycles. The SMILES string of the molecule is CCOCCOc1ccc(C(=O)NC(=S)NNC(=O)COc2ccc3ccccc3c2Br)cc1. The van der Waals surface area contributed by atoms with Crippen molar-refractivity contribution in [3.63, 3.8) is 0 Å². The van der Waals surface area contributed by atoms with Gasteiger partial charge in [0.15, 0.2) is 11.7 Å². The molecule has 2 amide bonds. The third kappa shape index (κ3) is 7.41. The highest BCUT2D eigenvalue weighted by atomic mass is 79.9. The van der Waals surface area contributed by atoms with Gasteiger partial charge in [-0.15, -0.1) is 0 Å². The number of hydrazine groups is 1. The molecule has 0 atom stereocenters. The van der Waals surface area contributed by atoms with Gasteiger partial charge in [0, 0.05) is 12.2 Å². The van der Waals surface area contributed by atoms with E-state index >= 15 is 0 Å². The van der Waals surface area contributed by atoms with E-state index in [4.69, 9.17) is 26.4 Å². The number of hydrogen-bond donors (Lipinski definition) is 3. The molecule has 10 heteroatoms. The van der Waals surface area contributed by atoms with Gasteiger partial charge in [0.1, 0.15) is 18.1 Å². The fourth-order valence-electron chi connectivity index (χ4n) is 2.90. The van der Waals surface area contributed by atoms with Crippen LogP contribution in [0.5, 0.6) is 11.5 Å². The summed E-state index contributed by atoms with van der Waals surface area (Å²) >= 11 is 8.58. The zero-order valence-electron chi connectivity index (χ0n) is 18.4. The molecule has 0 unspecified atom stereocenters. The lowest BCUT2D eigenvalue weighted by Gasteiger charge is -2.13. The van der Waals surface area contributed by atoms with E-state index in [1.807, 2.05) is 37.3 Å². The number of carbonyl (C=O) groups excluding carboxylic acids is 2. The predicted octanol–water partition coefficient (Wildman–Crippen LogP) is 3.73. The quantitative estimate of drug-likeness (QED) is 0.214. The van der Waals surface area contributed by atoms with Crippen LogP contribution in [-0.4, -0.2) is 43.4 Å². The van der Waals surface area contributed by atoms with Crippen molar-refractivity contribution in [3.8, 4) is 11.5 Å². The van der Waals surface area contributed by atoms with E-state index in [2.05, 4.69) is 32.1 Å². The third-order valence-electron chi connectivity index (χ3n) is 4.55. The Labute approximate surface area is 211 Å². The number of amides is 2. The Kier molecular flexibility index (Phi) is 9.62. The molecule has 0 heterocycles. The van der Waals surface area contributed by atoms with Gasteiger partial charge in [-0.05, 0) is 76.2 Å². The molecule has 0 aliphatic carbocycles. The Balaban J connectivity index is 1.41. The average molecular weight is 546 g/mol. The molecule has 3 rings (SSSR count). The van der Waals surface area contributed by atoms with Crippen LogP contribution in [0.15, 0.2) is 65.1 Å². The number of benzene rings is 3. The summed E-state index contributed by atoms with van der Waals surface area (Å²) in [6.07, 6.45) is 0. The fraction of sp³-hybridized carbons (Fsp3) is 0.208.